The van der Waals surface area contributed by atoms with Crippen LogP contribution in [0.5, 0.6) is 0 Å². The lowest BCUT2D eigenvalue weighted by molar-refractivity contribution is 0.777. The smallest absolute Gasteiger partial charge is 0.0195 e. The predicted octanol–water partition coefficient (Wildman–Crippen LogP) is 4.62. The van der Waals surface area contributed by atoms with Gasteiger partial charge in [0.1, 0.15) is 0 Å². The van der Waals surface area contributed by atoms with E-state index in [-0.39, 0.29) is 7.92 Å². The molecule has 100 valence electrons. The minimum Gasteiger partial charge on any atom is -0.0654 e. The molecule has 0 fully saturated rings. The van der Waals surface area contributed by atoms with Gasteiger partial charge in [0.2, 0.25) is 0 Å². The molecule has 0 N–H and O–H groups in total. The average molecular weight is 270 g/mol. The zero-order valence-electron chi connectivity index (χ0n) is 12.0. The van der Waals surface area contributed by atoms with Crippen molar-refractivity contribution in [2.75, 3.05) is 6.16 Å². The van der Waals surface area contributed by atoms with Crippen molar-refractivity contribution >= 4 is 18.5 Å². The van der Waals surface area contributed by atoms with Gasteiger partial charge >= 0.3 is 0 Å². The first-order valence-electron chi connectivity index (χ1n) is 7.20. The Hall–Kier alpha value is -1.13. The minimum absolute atomic E-state index is 0.175. The lowest BCUT2D eigenvalue weighted by Crippen LogP contribution is -2.14. The summed E-state index contributed by atoms with van der Waals surface area (Å²) in [4.78, 5) is 0. The number of benzene rings is 2. The maximum atomic E-state index is 2.32. The normalized spacial score (nSPS) is 12.3. The number of rotatable bonds is 6. The molecular weight excluding hydrogens is 247 g/mol. The summed E-state index contributed by atoms with van der Waals surface area (Å²) in [6.45, 7) is 4.43. The molecule has 0 nitrogen and oxygen atoms in total. The van der Waals surface area contributed by atoms with Gasteiger partial charge in [0.25, 0.3) is 0 Å². The first kappa shape index (κ1) is 14.3. The van der Waals surface area contributed by atoms with Crippen molar-refractivity contribution in [3.05, 3.63) is 60.2 Å². The lowest BCUT2D eigenvalue weighted by Gasteiger charge is -2.18. The van der Waals surface area contributed by atoms with Crippen LogP contribution in [-0.4, -0.2) is 6.16 Å². The molecular formula is C18H23P. The molecule has 1 atom stereocenters. The fourth-order valence-corrected chi connectivity index (χ4v) is 4.66. The van der Waals surface area contributed by atoms with Crippen molar-refractivity contribution < 1.29 is 0 Å². The molecule has 2 rings (SSSR count). The lowest BCUT2D eigenvalue weighted by atomic mass is 10.2. The van der Waals surface area contributed by atoms with Crippen LogP contribution in [0.3, 0.4) is 0 Å². The van der Waals surface area contributed by atoms with E-state index >= 15 is 0 Å². The summed E-state index contributed by atoms with van der Waals surface area (Å²) in [5.74, 6) is 0. The first-order chi connectivity index (χ1) is 9.31. The Morgan fingerprint density at radius 1 is 0.789 bits per heavy atom. The molecule has 0 aliphatic rings. The highest BCUT2D eigenvalue weighted by molar-refractivity contribution is 7.73. The Balaban J connectivity index is 2.21. The molecule has 0 aliphatic heterocycles. The molecule has 0 aromatic heterocycles. The molecule has 1 unspecified atom stereocenters. The van der Waals surface area contributed by atoms with E-state index in [1.165, 1.54) is 41.6 Å². The third-order valence-electron chi connectivity index (χ3n) is 3.40. The largest absolute Gasteiger partial charge is 0.0654 e. The summed E-state index contributed by atoms with van der Waals surface area (Å²) in [6.07, 6.45) is 5.30. The number of aryl methyl sites for hydroxylation is 1. The highest BCUT2D eigenvalue weighted by atomic mass is 31.1. The van der Waals surface area contributed by atoms with E-state index in [0.717, 1.165) is 0 Å². The highest BCUT2D eigenvalue weighted by Gasteiger charge is 2.12. The topological polar surface area (TPSA) is 0 Å². The minimum atomic E-state index is -0.175. The van der Waals surface area contributed by atoms with Gasteiger partial charge in [0, 0.05) is 0 Å². The molecule has 2 aromatic carbocycles. The van der Waals surface area contributed by atoms with Gasteiger partial charge < -0.3 is 0 Å². The first-order valence-corrected chi connectivity index (χ1v) is 8.73. The average Bonchev–Trinajstić information content (AvgIpc) is 2.46. The van der Waals surface area contributed by atoms with Crippen LogP contribution in [-0.2, 0) is 0 Å². The molecule has 0 bridgehead atoms. The molecule has 0 amide bonds. The van der Waals surface area contributed by atoms with E-state index in [4.69, 9.17) is 0 Å². The maximum absolute atomic E-state index is 2.32. The summed E-state index contributed by atoms with van der Waals surface area (Å²) >= 11 is 0. The highest BCUT2D eigenvalue weighted by Crippen LogP contribution is 2.34. The van der Waals surface area contributed by atoms with Crippen LogP contribution in [0.4, 0.5) is 0 Å². The fraction of sp³-hybridized carbons (Fsp3) is 0.333. The van der Waals surface area contributed by atoms with Crippen molar-refractivity contribution in [2.45, 2.75) is 33.1 Å². The molecule has 0 heterocycles. The molecule has 2 aromatic rings. The molecule has 19 heavy (non-hydrogen) atoms. The Bertz CT molecular complexity index is 473. The van der Waals surface area contributed by atoms with E-state index in [1.54, 1.807) is 0 Å². The second-order valence-electron chi connectivity index (χ2n) is 5.03. The summed E-state index contributed by atoms with van der Waals surface area (Å²) in [5.41, 5.74) is 1.35. The van der Waals surface area contributed by atoms with Gasteiger partial charge in [-0.1, -0.05) is 79.9 Å². The fourth-order valence-electron chi connectivity index (χ4n) is 2.26. The van der Waals surface area contributed by atoms with Crippen molar-refractivity contribution in [1.29, 1.82) is 0 Å². The number of hydrogen-bond acceptors (Lipinski definition) is 0. The van der Waals surface area contributed by atoms with Gasteiger partial charge in [-0.2, -0.15) is 0 Å². The molecule has 0 aliphatic carbocycles. The van der Waals surface area contributed by atoms with Crippen LogP contribution in [0.25, 0.3) is 0 Å². The van der Waals surface area contributed by atoms with Crippen LogP contribution in [0.15, 0.2) is 54.6 Å². The SMILES string of the molecule is CCCCCP(c1ccccc1)c1ccc(C)cc1. The van der Waals surface area contributed by atoms with Crippen molar-refractivity contribution in [3.8, 4) is 0 Å². The van der Waals surface area contributed by atoms with Gasteiger partial charge in [-0.15, -0.1) is 0 Å². The zero-order valence-corrected chi connectivity index (χ0v) is 12.9. The van der Waals surface area contributed by atoms with Gasteiger partial charge in [-0.05, 0) is 38.0 Å². The Kier molecular flexibility index (Phi) is 5.61. The van der Waals surface area contributed by atoms with Gasteiger partial charge in [0.15, 0.2) is 0 Å². The van der Waals surface area contributed by atoms with Crippen LogP contribution in [0, 0.1) is 6.92 Å². The molecule has 0 saturated carbocycles. The van der Waals surface area contributed by atoms with E-state index in [9.17, 15) is 0 Å². The van der Waals surface area contributed by atoms with E-state index in [1.807, 2.05) is 0 Å². The third kappa shape index (κ3) is 4.18. The second kappa shape index (κ2) is 7.46. The summed E-state index contributed by atoms with van der Waals surface area (Å²) in [7, 11) is -0.175. The molecule has 0 spiro atoms. The van der Waals surface area contributed by atoms with Crippen molar-refractivity contribution in [3.63, 3.8) is 0 Å². The monoisotopic (exact) mass is 270 g/mol. The van der Waals surface area contributed by atoms with Crippen molar-refractivity contribution in [1.82, 2.24) is 0 Å². The predicted molar refractivity (Wildman–Crippen MR) is 88.2 cm³/mol. The van der Waals surface area contributed by atoms with Crippen LogP contribution >= 0.6 is 7.92 Å². The summed E-state index contributed by atoms with van der Waals surface area (Å²) in [5, 5.41) is 3.03. The van der Waals surface area contributed by atoms with Crippen LogP contribution in [0.2, 0.25) is 0 Å². The standard InChI is InChI=1S/C18H23P/c1-3-4-8-15-19(17-9-6-5-7-10-17)18-13-11-16(2)12-14-18/h5-7,9-14H,3-4,8,15H2,1-2H3. The summed E-state index contributed by atoms with van der Waals surface area (Å²) in [6, 6.07) is 20.1. The van der Waals surface area contributed by atoms with Gasteiger partial charge in [-0.25, -0.2) is 0 Å². The molecule has 0 radical (unpaired) electrons. The maximum Gasteiger partial charge on any atom is -0.0195 e. The number of unbranched alkanes of at least 4 members (excludes halogenated alkanes) is 2. The second-order valence-corrected chi connectivity index (χ2v) is 7.37. The molecule has 1 heteroatoms. The Morgan fingerprint density at radius 2 is 1.42 bits per heavy atom. The van der Waals surface area contributed by atoms with Crippen LogP contribution in [0.1, 0.15) is 31.7 Å². The van der Waals surface area contributed by atoms with E-state index in [2.05, 4.69) is 68.4 Å². The quantitative estimate of drug-likeness (QED) is 0.531. The zero-order chi connectivity index (χ0) is 13.5. The molecule has 0 saturated heterocycles. The number of hydrogen-bond donors (Lipinski definition) is 0. The Morgan fingerprint density at radius 3 is 2.05 bits per heavy atom. The van der Waals surface area contributed by atoms with E-state index in [0.29, 0.717) is 0 Å². The van der Waals surface area contributed by atoms with Gasteiger partial charge in [-0.3, -0.25) is 0 Å². The van der Waals surface area contributed by atoms with Crippen molar-refractivity contribution in [2.24, 2.45) is 0 Å². The van der Waals surface area contributed by atoms with Crippen LogP contribution < -0.4 is 10.6 Å². The van der Waals surface area contributed by atoms with E-state index < -0.39 is 0 Å². The summed E-state index contributed by atoms with van der Waals surface area (Å²) < 4.78 is 0. The third-order valence-corrected chi connectivity index (χ3v) is 6.01. The van der Waals surface area contributed by atoms with Gasteiger partial charge in [0.05, 0.1) is 0 Å². The Labute approximate surface area is 118 Å².